The third-order valence-corrected chi connectivity index (χ3v) is 11.7. The molecule has 0 saturated carbocycles. The van der Waals surface area contributed by atoms with E-state index in [1.807, 2.05) is 36.4 Å². The van der Waals surface area contributed by atoms with Gasteiger partial charge in [-0.2, -0.15) is 0 Å². The Kier molecular flexibility index (Phi) is 8.94. The summed E-state index contributed by atoms with van der Waals surface area (Å²) in [5, 5.41) is 5.43. The molecule has 6 nitrogen and oxygen atoms in total. The van der Waals surface area contributed by atoms with Gasteiger partial charge in [-0.3, -0.25) is 4.40 Å². The normalized spacial score (nSPS) is 11.8. The number of hydrogen-bond acceptors (Lipinski definition) is 3. The molecule has 0 aliphatic heterocycles. The molecule has 2 N–H and O–H groups in total. The maximum atomic E-state index is 6.85. The molecule has 6 bridgehead atoms. The highest BCUT2D eigenvalue weighted by Gasteiger charge is 2.18. The van der Waals surface area contributed by atoms with Crippen molar-refractivity contribution in [1.82, 2.24) is 24.3 Å². The van der Waals surface area contributed by atoms with Crippen molar-refractivity contribution in [3.8, 4) is 22.4 Å². The van der Waals surface area contributed by atoms with Crippen molar-refractivity contribution in [3.05, 3.63) is 200 Å². The van der Waals surface area contributed by atoms with Crippen LogP contribution in [0.3, 0.4) is 0 Å². The molecule has 0 aliphatic rings. The average molecular weight is 802 g/mol. The SMILES string of the molecule is CC(C)(C)c1cc2nc(c1)n1c3ccccc3c3ccc(cc31)oc1cc(-c3ccccc3)nc(c1)[nH]c1ccccc1[nH]c1c(-c3ccccc3)cccc1c1ccccc21. The van der Waals surface area contributed by atoms with Crippen LogP contribution in [0.25, 0.3) is 105 Å². The Balaban J connectivity index is 1.42. The summed E-state index contributed by atoms with van der Waals surface area (Å²) in [6.45, 7) is 6.81. The summed E-state index contributed by atoms with van der Waals surface area (Å²) in [6, 6.07) is 67.7. The van der Waals surface area contributed by atoms with Crippen LogP contribution in [0.1, 0.15) is 26.3 Å². The Morgan fingerprint density at radius 3 is 1.89 bits per heavy atom. The zero-order valence-electron chi connectivity index (χ0n) is 34.7. The van der Waals surface area contributed by atoms with Crippen LogP contribution < -0.4 is 0 Å². The molecule has 0 amide bonds. The van der Waals surface area contributed by atoms with E-state index in [1.54, 1.807) is 0 Å². The van der Waals surface area contributed by atoms with Gasteiger partial charge in [-0.15, -0.1) is 0 Å². The zero-order chi connectivity index (χ0) is 41.8. The highest BCUT2D eigenvalue weighted by atomic mass is 16.3. The molecule has 0 spiro atoms. The number of H-pyrrole nitrogens is 2. The first kappa shape index (κ1) is 37.1. The first-order valence-corrected chi connectivity index (χ1v) is 21.1. The van der Waals surface area contributed by atoms with Crippen molar-refractivity contribution in [3.63, 3.8) is 0 Å². The summed E-state index contributed by atoms with van der Waals surface area (Å²) in [5.74, 6) is 0. The van der Waals surface area contributed by atoms with Crippen molar-refractivity contribution in [2.45, 2.75) is 26.2 Å². The number of fused-ring (bicyclic) bond motifs is 14. The van der Waals surface area contributed by atoms with Gasteiger partial charge in [-0.1, -0.05) is 154 Å². The number of benzene rings is 7. The molecule has 7 aromatic carbocycles. The molecule has 0 radical (unpaired) electrons. The molecule has 4 aromatic heterocycles. The van der Waals surface area contributed by atoms with Crippen molar-refractivity contribution in [2.24, 2.45) is 0 Å². The second kappa shape index (κ2) is 14.9. The van der Waals surface area contributed by atoms with Crippen molar-refractivity contribution in [1.29, 1.82) is 0 Å². The Morgan fingerprint density at radius 2 is 1.11 bits per heavy atom. The Labute approximate surface area is 358 Å². The topological polar surface area (TPSA) is 74.9 Å². The van der Waals surface area contributed by atoms with Gasteiger partial charge >= 0.3 is 0 Å². The van der Waals surface area contributed by atoms with Crippen LogP contribution in [0.2, 0.25) is 0 Å². The van der Waals surface area contributed by atoms with Gasteiger partial charge in [0.05, 0.1) is 38.8 Å². The number of hydrogen-bond donors (Lipinski definition) is 2. The molecule has 0 atom stereocenters. The molecule has 6 heteroatoms. The van der Waals surface area contributed by atoms with E-state index < -0.39 is 0 Å². The smallest absolute Gasteiger partial charge is 0.138 e. The summed E-state index contributed by atoms with van der Waals surface area (Å²) in [7, 11) is 0. The van der Waals surface area contributed by atoms with Crippen molar-refractivity contribution in [2.75, 3.05) is 0 Å². The number of aromatic amines is 2. The van der Waals surface area contributed by atoms with Gasteiger partial charge in [0.2, 0.25) is 0 Å². The van der Waals surface area contributed by atoms with E-state index in [4.69, 9.17) is 14.4 Å². The van der Waals surface area contributed by atoms with Crippen LogP contribution in [-0.4, -0.2) is 24.3 Å². The second-order valence-corrected chi connectivity index (χ2v) is 16.9. The lowest BCUT2D eigenvalue weighted by Crippen LogP contribution is -2.11. The van der Waals surface area contributed by atoms with E-state index >= 15 is 0 Å². The number of nitrogens with one attached hydrogen (secondary N) is 2. The second-order valence-electron chi connectivity index (χ2n) is 16.9. The van der Waals surface area contributed by atoms with E-state index in [9.17, 15) is 0 Å². The number of rotatable bonds is 2. The van der Waals surface area contributed by atoms with Crippen LogP contribution in [0, 0.1) is 0 Å². The summed E-state index contributed by atoms with van der Waals surface area (Å²) in [6.07, 6.45) is 0. The lowest BCUT2D eigenvalue weighted by Gasteiger charge is -2.19. The van der Waals surface area contributed by atoms with Crippen LogP contribution in [0.5, 0.6) is 0 Å². The minimum Gasteiger partial charge on any atom is -0.457 e. The minimum absolute atomic E-state index is 0.171. The first-order valence-electron chi connectivity index (χ1n) is 21.1. The third-order valence-electron chi connectivity index (χ3n) is 11.7. The largest absolute Gasteiger partial charge is 0.457 e. The van der Waals surface area contributed by atoms with E-state index in [-0.39, 0.29) is 5.41 Å². The van der Waals surface area contributed by atoms with Gasteiger partial charge in [-0.05, 0) is 64.4 Å². The Bertz CT molecular complexity index is 3730. The highest BCUT2D eigenvalue weighted by Crippen LogP contribution is 2.35. The van der Waals surface area contributed by atoms with Gasteiger partial charge in [0.15, 0.2) is 0 Å². The number of aromatic nitrogens is 5. The molecule has 298 valence electrons. The molecule has 0 saturated heterocycles. The van der Waals surface area contributed by atoms with Crippen LogP contribution in [-0.2, 0) is 5.41 Å². The number of nitrogens with zero attached hydrogens (tertiary/aromatic N) is 3. The van der Waals surface area contributed by atoms with Crippen LogP contribution >= 0.6 is 0 Å². The fraction of sp³-hybridized carbons (Fsp3) is 0.0714. The lowest BCUT2D eigenvalue weighted by molar-refractivity contribution is 0.591. The standard InChI is InChI=1S/C56H43N5O/c1-56(2,3)38-31-50-43-22-11-10-21-42(43)46-25-16-24-41(36-17-6-4-7-18-36)55(46)60-48-27-14-13-26-47(48)57-53-35-40(33-49(58-53)37-19-8-5-9-20-37)62-39-29-30-45-44-23-12-15-28-51(44)61(52(45)34-39)54(32-38)59-50/h4-35,60H,1-3H3,(H,57,58). The van der Waals surface area contributed by atoms with Gasteiger partial charge in [-0.25, -0.2) is 9.97 Å². The zero-order valence-corrected chi connectivity index (χ0v) is 34.7. The van der Waals surface area contributed by atoms with Gasteiger partial charge in [0, 0.05) is 50.9 Å². The van der Waals surface area contributed by atoms with E-state index in [0.717, 1.165) is 88.1 Å². The summed E-state index contributed by atoms with van der Waals surface area (Å²) in [4.78, 5) is 18.4. The van der Waals surface area contributed by atoms with Gasteiger partial charge in [0.25, 0.3) is 0 Å². The summed E-state index contributed by atoms with van der Waals surface area (Å²) < 4.78 is 9.15. The average Bonchev–Trinajstić information content (AvgIpc) is 3.63. The van der Waals surface area contributed by atoms with Crippen molar-refractivity contribution < 1.29 is 4.42 Å². The molecule has 0 unspecified atom stereocenters. The molecule has 11 aromatic rings. The third kappa shape index (κ3) is 6.72. The maximum absolute atomic E-state index is 6.85. The Morgan fingerprint density at radius 1 is 0.468 bits per heavy atom. The highest BCUT2D eigenvalue weighted by molar-refractivity contribution is 6.13. The molecule has 11 rings (SSSR count). The van der Waals surface area contributed by atoms with E-state index in [1.165, 1.54) is 5.56 Å². The van der Waals surface area contributed by atoms with Gasteiger partial charge < -0.3 is 14.4 Å². The lowest BCUT2D eigenvalue weighted by atomic mass is 9.87. The summed E-state index contributed by atoms with van der Waals surface area (Å²) in [5.41, 5.74) is 13.6. The minimum atomic E-state index is -0.171. The maximum Gasteiger partial charge on any atom is 0.138 e. The number of para-hydroxylation sites is 4. The monoisotopic (exact) mass is 801 g/mol. The molecular formula is C56H43N5O. The number of pyridine rings is 2. The fourth-order valence-corrected chi connectivity index (χ4v) is 8.67. The Hall–Kier alpha value is -7.96. The first-order chi connectivity index (χ1) is 30.3. The molecule has 0 fully saturated rings. The molecule has 4 heterocycles. The fourth-order valence-electron chi connectivity index (χ4n) is 8.67. The van der Waals surface area contributed by atoms with Gasteiger partial charge in [0.1, 0.15) is 22.5 Å². The molecular weight excluding hydrogens is 759 g/mol. The van der Waals surface area contributed by atoms with Crippen LogP contribution in [0.4, 0.5) is 0 Å². The molecule has 0 aliphatic carbocycles. The molecule has 62 heavy (non-hydrogen) atoms. The van der Waals surface area contributed by atoms with E-state index in [0.29, 0.717) is 16.8 Å². The quantitative estimate of drug-likeness (QED) is 0.183. The van der Waals surface area contributed by atoms with E-state index in [2.05, 4.69) is 193 Å². The summed E-state index contributed by atoms with van der Waals surface area (Å²) >= 11 is 0. The van der Waals surface area contributed by atoms with Crippen molar-refractivity contribution >= 4 is 82.5 Å². The predicted molar refractivity (Wildman–Crippen MR) is 259 cm³/mol. The van der Waals surface area contributed by atoms with Crippen LogP contribution in [0.15, 0.2) is 199 Å². The predicted octanol–water partition coefficient (Wildman–Crippen LogP) is 15.1.